The van der Waals surface area contributed by atoms with Crippen molar-refractivity contribution in [3.63, 3.8) is 0 Å². The van der Waals surface area contributed by atoms with Crippen LogP contribution in [0, 0.1) is 5.92 Å². The van der Waals surface area contributed by atoms with E-state index in [4.69, 9.17) is 16.6 Å². The summed E-state index contributed by atoms with van der Waals surface area (Å²) in [7, 11) is 0. The zero-order valence-electron chi connectivity index (χ0n) is 18.2. The predicted octanol–water partition coefficient (Wildman–Crippen LogP) is 0.565. The van der Waals surface area contributed by atoms with E-state index in [0.29, 0.717) is 19.5 Å². The van der Waals surface area contributed by atoms with Crippen molar-refractivity contribution in [1.82, 2.24) is 10.6 Å². The molecule has 0 fully saturated rings. The number of hydrogen-bond acceptors (Lipinski definition) is 6. The van der Waals surface area contributed by atoms with Crippen LogP contribution in [0.2, 0.25) is 0 Å². The molecule has 2 rings (SSSR count). The quantitative estimate of drug-likeness (QED) is 0.394. The number of benzene rings is 1. The number of hydrogen-bond donors (Lipinski definition) is 5. The lowest BCUT2D eigenvalue weighted by Crippen LogP contribution is -2.44. The molecule has 7 N–H and O–H groups in total. The molecule has 0 spiro atoms. The molecule has 0 aromatic heterocycles. The highest BCUT2D eigenvalue weighted by molar-refractivity contribution is 5.90. The molecular weight excluding hydrogens is 384 g/mol. The van der Waals surface area contributed by atoms with Crippen molar-refractivity contribution in [3.05, 3.63) is 35.4 Å². The van der Waals surface area contributed by atoms with E-state index in [-0.39, 0.29) is 35.9 Å². The minimum atomic E-state index is -0.702. The Kier molecular flexibility index (Phi) is 11.2. The van der Waals surface area contributed by atoms with E-state index in [2.05, 4.69) is 10.6 Å². The summed E-state index contributed by atoms with van der Waals surface area (Å²) < 4.78 is 0. The zero-order chi connectivity index (χ0) is 22.7. The predicted molar refractivity (Wildman–Crippen MR) is 116 cm³/mol. The van der Waals surface area contributed by atoms with Gasteiger partial charge in [0.05, 0.1) is 24.5 Å². The van der Waals surface area contributed by atoms with Crippen molar-refractivity contribution in [1.29, 1.82) is 0 Å². The minimum Gasteiger partial charge on any atom is -0.393 e. The molecule has 4 unspecified atom stereocenters. The first-order chi connectivity index (χ1) is 14.2. The van der Waals surface area contributed by atoms with E-state index in [0.717, 1.165) is 18.5 Å². The standard InChI is InChI=1S/C12H24N2O3.C10H12N2O/c1-4-8(2)12(17)10(5-6-13)14-11(16)7-9(3)15;11-10(13)9-6-12-5-7-3-1-2-4-8(7)9/h8-10,15H,4-7,13H2,1-3H3,(H,14,16);1-4,9,12H,5-6H2,(H2,11,13). The summed E-state index contributed by atoms with van der Waals surface area (Å²) in [6, 6.07) is 7.40. The van der Waals surface area contributed by atoms with Gasteiger partial charge in [-0.3, -0.25) is 14.4 Å². The molecule has 4 atom stereocenters. The van der Waals surface area contributed by atoms with E-state index >= 15 is 0 Å². The summed E-state index contributed by atoms with van der Waals surface area (Å²) >= 11 is 0. The average Bonchev–Trinajstić information content (AvgIpc) is 2.71. The number of nitrogens with two attached hydrogens (primary N) is 2. The average molecular weight is 421 g/mol. The first-order valence-electron chi connectivity index (χ1n) is 10.5. The maximum Gasteiger partial charge on any atom is 0.226 e. The third-order valence-electron chi connectivity index (χ3n) is 5.15. The number of carbonyl (C=O) groups is 3. The van der Waals surface area contributed by atoms with Crippen LogP contribution < -0.4 is 22.1 Å². The van der Waals surface area contributed by atoms with Crippen LogP contribution in [0.25, 0.3) is 0 Å². The molecular formula is C22H36N4O4. The van der Waals surface area contributed by atoms with Gasteiger partial charge in [-0.1, -0.05) is 38.1 Å². The second-order valence-corrected chi connectivity index (χ2v) is 7.75. The first kappa shape index (κ1) is 25.7. The second-order valence-electron chi connectivity index (χ2n) is 7.75. The van der Waals surface area contributed by atoms with E-state index in [1.807, 2.05) is 38.1 Å². The lowest BCUT2D eigenvalue weighted by atomic mass is 9.90. The second kappa shape index (κ2) is 13.1. The molecule has 8 heteroatoms. The molecule has 0 saturated heterocycles. The Hall–Kier alpha value is -2.29. The van der Waals surface area contributed by atoms with Gasteiger partial charge in [0.2, 0.25) is 11.8 Å². The smallest absolute Gasteiger partial charge is 0.226 e. The van der Waals surface area contributed by atoms with Gasteiger partial charge in [0.1, 0.15) is 0 Å². The van der Waals surface area contributed by atoms with Crippen LogP contribution in [-0.4, -0.2) is 47.9 Å². The molecule has 168 valence electrons. The largest absolute Gasteiger partial charge is 0.393 e. The highest BCUT2D eigenvalue weighted by Gasteiger charge is 2.24. The van der Waals surface area contributed by atoms with Crippen LogP contribution in [0.3, 0.4) is 0 Å². The maximum absolute atomic E-state index is 12.0. The number of ketones is 1. The van der Waals surface area contributed by atoms with Crippen LogP contribution >= 0.6 is 0 Å². The van der Waals surface area contributed by atoms with Crippen LogP contribution in [-0.2, 0) is 20.9 Å². The summed E-state index contributed by atoms with van der Waals surface area (Å²) in [6.07, 6.45) is 0.489. The molecule has 1 aliphatic heterocycles. The topological polar surface area (TPSA) is 148 Å². The molecule has 1 aromatic rings. The molecule has 8 nitrogen and oxygen atoms in total. The highest BCUT2D eigenvalue weighted by atomic mass is 16.3. The molecule has 0 bridgehead atoms. The monoisotopic (exact) mass is 420 g/mol. The number of Topliss-reactive ketones (excluding diaryl/α,β-unsaturated/α-hetero) is 1. The van der Waals surface area contributed by atoms with Gasteiger partial charge < -0.3 is 27.2 Å². The Labute approximate surface area is 178 Å². The molecule has 1 aromatic carbocycles. The van der Waals surface area contributed by atoms with Crippen LogP contribution in [0.1, 0.15) is 57.1 Å². The van der Waals surface area contributed by atoms with Gasteiger partial charge in [0.15, 0.2) is 5.78 Å². The highest BCUT2D eigenvalue weighted by Crippen LogP contribution is 2.22. The fraction of sp³-hybridized carbons (Fsp3) is 0.591. The van der Waals surface area contributed by atoms with Crippen molar-refractivity contribution in [2.24, 2.45) is 17.4 Å². The Balaban J connectivity index is 0.000000308. The van der Waals surface area contributed by atoms with Gasteiger partial charge in [-0.05, 0) is 37.4 Å². The fourth-order valence-corrected chi connectivity index (χ4v) is 3.27. The van der Waals surface area contributed by atoms with Gasteiger partial charge in [0.25, 0.3) is 0 Å². The lowest BCUT2D eigenvalue weighted by molar-refractivity contribution is -0.130. The fourth-order valence-electron chi connectivity index (χ4n) is 3.27. The van der Waals surface area contributed by atoms with Gasteiger partial charge in [-0.2, -0.15) is 0 Å². The molecule has 0 saturated carbocycles. The Morgan fingerprint density at radius 2 is 1.93 bits per heavy atom. The summed E-state index contributed by atoms with van der Waals surface area (Å²) in [5.74, 6) is -0.796. The number of carbonyl (C=O) groups excluding carboxylic acids is 3. The van der Waals surface area contributed by atoms with E-state index in [1.165, 1.54) is 12.5 Å². The maximum atomic E-state index is 12.0. The molecule has 1 aliphatic rings. The van der Waals surface area contributed by atoms with Crippen molar-refractivity contribution in [3.8, 4) is 0 Å². The third kappa shape index (κ3) is 8.22. The van der Waals surface area contributed by atoms with Crippen LogP contribution in [0.15, 0.2) is 24.3 Å². The van der Waals surface area contributed by atoms with Crippen molar-refractivity contribution in [2.45, 2.75) is 64.6 Å². The minimum absolute atomic E-state index is 0.00879. The zero-order valence-corrected chi connectivity index (χ0v) is 18.2. The van der Waals surface area contributed by atoms with Crippen LogP contribution in [0.4, 0.5) is 0 Å². The molecule has 1 heterocycles. The Bertz CT molecular complexity index is 708. The number of aliphatic hydroxyl groups excluding tert-OH is 1. The SMILES string of the molecule is CCC(C)C(=O)C(CCN)NC(=O)CC(C)O.NC(=O)C1CNCc2ccccc21. The number of nitrogens with one attached hydrogen (secondary N) is 2. The summed E-state index contributed by atoms with van der Waals surface area (Å²) in [5, 5.41) is 14.9. The Morgan fingerprint density at radius 3 is 2.50 bits per heavy atom. The molecule has 0 radical (unpaired) electrons. The number of fused-ring (bicyclic) bond motifs is 1. The van der Waals surface area contributed by atoms with Crippen molar-refractivity contribution < 1.29 is 19.5 Å². The third-order valence-corrected chi connectivity index (χ3v) is 5.15. The number of rotatable bonds is 9. The van der Waals surface area contributed by atoms with Crippen LogP contribution in [0.5, 0.6) is 0 Å². The lowest BCUT2D eigenvalue weighted by Gasteiger charge is -2.23. The van der Waals surface area contributed by atoms with Gasteiger partial charge in [-0.15, -0.1) is 0 Å². The summed E-state index contributed by atoms with van der Waals surface area (Å²) in [4.78, 5) is 34.5. The number of aliphatic hydroxyl groups is 1. The van der Waals surface area contributed by atoms with Gasteiger partial charge in [0, 0.05) is 19.0 Å². The first-order valence-corrected chi connectivity index (χ1v) is 10.5. The van der Waals surface area contributed by atoms with Gasteiger partial charge >= 0.3 is 0 Å². The van der Waals surface area contributed by atoms with E-state index in [1.54, 1.807) is 0 Å². The summed E-state index contributed by atoms with van der Waals surface area (Å²) in [5.41, 5.74) is 13.0. The van der Waals surface area contributed by atoms with E-state index in [9.17, 15) is 14.4 Å². The van der Waals surface area contributed by atoms with Gasteiger partial charge in [-0.25, -0.2) is 0 Å². The normalized spacial score (nSPS) is 18.1. The number of amides is 2. The molecule has 0 aliphatic carbocycles. The molecule has 2 amide bonds. The number of primary amides is 1. The Morgan fingerprint density at radius 1 is 1.27 bits per heavy atom. The molecule has 30 heavy (non-hydrogen) atoms. The van der Waals surface area contributed by atoms with E-state index < -0.39 is 12.1 Å². The van der Waals surface area contributed by atoms with Crippen molar-refractivity contribution >= 4 is 17.6 Å². The summed E-state index contributed by atoms with van der Waals surface area (Å²) in [6.45, 7) is 7.15. The van der Waals surface area contributed by atoms with Crippen molar-refractivity contribution in [2.75, 3.05) is 13.1 Å².